The number of nitrogens with zero attached hydrogens (tertiary/aromatic N) is 2. The molecule has 0 radical (unpaired) electrons. The average Bonchev–Trinajstić information content (AvgIpc) is 3.71. The van der Waals surface area contributed by atoms with E-state index in [-0.39, 0.29) is 56.0 Å². The lowest BCUT2D eigenvalue weighted by atomic mass is 9.81. The first-order valence-electron chi connectivity index (χ1n) is 22.9. The summed E-state index contributed by atoms with van der Waals surface area (Å²) in [5.74, 6) is -4.78. The van der Waals surface area contributed by atoms with Gasteiger partial charge in [-0.1, -0.05) is 43.7 Å². The van der Waals surface area contributed by atoms with Crippen LogP contribution in [0.2, 0.25) is 0 Å². The third kappa shape index (κ3) is 11.1. The summed E-state index contributed by atoms with van der Waals surface area (Å²) >= 11 is 0. The lowest BCUT2D eigenvalue weighted by Gasteiger charge is -2.31. The number of amides is 6. The molecule has 3 atom stereocenters. The molecule has 0 saturated heterocycles. The van der Waals surface area contributed by atoms with Gasteiger partial charge in [-0.2, -0.15) is 0 Å². The number of carbonyl (C=O) groups excluding carboxylic acids is 7. The van der Waals surface area contributed by atoms with Crippen molar-refractivity contribution in [3.05, 3.63) is 97.6 Å². The largest absolute Gasteiger partial charge is 0.458 e. The molecule has 0 saturated carbocycles. The van der Waals surface area contributed by atoms with E-state index in [0.29, 0.717) is 70.4 Å². The zero-order valence-corrected chi connectivity index (χ0v) is 38.4. The molecule has 2 aromatic carbocycles. The summed E-state index contributed by atoms with van der Waals surface area (Å²) in [6.45, 7) is 1.38. The predicted octanol–water partition coefficient (Wildman–Crippen LogP) is 0.316. The SMILES string of the molecule is CC[C@@]1(O)C(=O)OCc2c1cc1n(c2=O)Cc2c-1nc1cc(F)c(C)c3c1c2[C@@H](NC(=O)COCNC(=O)CNC(=O)C(Cc1ccccc1)NC(=O)CNC(=O)CNC(=O)CCCCCN)CC3. The van der Waals surface area contributed by atoms with E-state index in [0.717, 1.165) is 18.4 Å². The number of rotatable bonds is 21. The van der Waals surface area contributed by atoms with Crippen LogP contribution in [0.15, 0.2) is 47.3 Å². The monoisotopic (exact) mass is 953 g/mol. The molecular weight excluding hydrogens is 898 g/mol. The number of pyridine rings is 2. The average molecular weight is 954 g/mol. The molecule has 69 heavy (non-hydrogen) atoms. The van der Waals surface area contributed by atoms with Gasteiger partial charge < -0.3 is 56.8 Å². The van der Waals surface area contributed by atoms with Gasteiger partial charge in [0.2, 0.25) is 35.4 Å². The Morgan fingerprint density at radius 2 is 1.65 bits per heavy atom. The standard InChI is InChI=1S/C48H56FN9O11/c1-3-48(67)31-17-36-44-29(22-58(36)46(65)30(31)23-69-47(48)66)43-33(14-13-28-26(2)32(49)18-34(57-44)42(28)43)55-41(63)24-68-25-54-39(61)20-53-45(64)35(16-27-10-6-4-7-11-27)56-40(62)21-52-38(60)19-51-37(59)12-8-5-9-15-50/h4,6-7,10-11,17-18,33,35,67H,3,5,8-9,12-16,19-25,50H2,1-2H3,(H,51,59)(H,52,60)(H,53,64)(H,54,61)(H,55,63)(H,56,62)/t33-,35?,48-/m0/s1. The Bertz CT molecular complexity index is 2750. The molecule has 6 amide bonds. The zero-order valence-electron chi connectivity index (χ0n) is 38.4. The molecule has 0 spiro atoms. The normalized spacial score (nSPS) is 16.8. The van der Waals surface area contributed by atoms with E-state index in [4.69, 9.17) is 20.2 Å². The lowest BCUT2D eigenvalue weighted by Crippen LogP contribution is -2.52. The summed E-state index contributed by atoms with van der Waals surface area (Å²) in [5.41, 5.74) is 7.42. The molecule has 2 aliphatic heterocycles. The van der Waals surface area contributed by atoms with Gasteiger partial charge in [-0.05, 0) is 73.9 Å². The molecule has 4 aromatic rings. The van der Waals surface area contributed by atoms with Gasteiger partial charge in [0.1, 0.15) is 31.8 Å². The summed E-state index contributed by atoms with van der Waals surface area (Å²) in [4.78, 5) is 108. The highest BCUT2D eigenvalue weighted by molar-refractivity contribution is 5.95. The van der Waals surface area contributed by atoms with E-state index >= 15 is 4.39 Å². The van der Waals surface area contributed by atoms with Gasteiger partial charge in [-0.3, -0.25) is 33.6 Å². The van der Waals surface area contributed by atoms with Crippen LogP contribution in [-0.2, 0) is 74.6 Å². The quantitative estimate of drug-likeness (QED) is 0.0280. The number of halogens is 1. The number of ether oxygens (including phenoxy) is 2. The van der Waals surface area contributed by atoms with Crippen LogP contribution in [-0.4, -0.2) is 102 Å². The third-order valence-corrected chi connectivity index (χ3v) is 12.7. The Morgan fingerprint density at radius 3 is 2.41 bits per heavy atom. The molecule has 366 valence electrons. The number of nitrogens with one attached hydrogen (secondary N) is 6. The van der Waals surface area contributed by atoms with E-state index in [1.807, 2.05) is 0 Å². The van der Waals surface area contributed by atoms with Crippen LogP contribution in [0.5, 0.6) is 0 Å². The second-order valence-corrected chi connectivity index (χ2v) is 17.2. The topological polar surface area (TPSA) is 291 Å². The summed E-state index contributed by atoms with van der Waals surface area (Å²) in [7, 11) is 0. The number of fused-ring (bicyclic) bond motifs is 5. The second-order valence-electron chi connectivity index (χ2n) is 17.2. The number of carbonyl (C=O) groups is 7. The van der Waals surface area contributed by atoms with Crippen LogP contribution in [0.4, 0.5) is 4.39 Å². The highest BCUT2D eigenvalue weighted by atomic mass is 19.1. The molecule has 1 unspecified atom stereocenters. The second kappa shape index (κ2) is 21.9. The number of esters is 1. The third-order valence-electron chi connectivity index (χ3n) is 12.7. The molecule has 20 nitrogen and oxygen atoms in total. The van der Waals surface area contributed by atoms with Crippen molar-refractivity contribution in [3.8, 4) is 11.4 Å². The Kier molecular flexibility index (Phi) is 15.8. The van der Waals surface area contributed by atoms with Gasteiger partial charge in [0.15, 0.2) is 5.60 Å². The van der Waals surface area contributed by atoms with Crippen molar-refractivity contribution in [1.29, 1.82) is 0 Å². The highest BCUT2D eigenvalue weighted by Gasteiger charge is 2.46. The van der Waals surface area contributed by atoms with Gasteiger partial charge in [0.05, 0.1) is 54.7 Å². The number of aliphatic hydroxyl groups is 1. The summed E-state index contributed by atoms with van der Waals surface area (Å²) in [6, 6.07) is 9.97. The van der Waals surface area contributed by atoms with Crippen molar-refractivity contribution in [2.75, 3.05) is 39.5 Å². The van der Waals surface area contributed by atoms with Crippen LogP contribution in [0.3, 0.4) is 0 Å². The highest BCUT2D eigenvalue weighted by Crippen LogP contribution is 2.46. The number of aryl methyl sites for hydroxylation is 1. The van der Waals surface area contributed by atoms with E-state index < -0.39 is 91.0 Å². The van der Waals surface area contributed by atoms with Gasteiger partial charge in [0.25, 0.3) is 5.56 Å². The number of aromatic nitrogens is 2. The number of nitrogens with two attached hydrogens (primary N) is 1. The maximum Gasteiger partial charge on any atom is 0.343 e. The van der Waals surface area contributed by atoms with Gasteiger partial charge in [-0.15, -0.1) is 0 Å². The molecule has 1 aliphatic carbocycles. The molecule has 9 N–H and O–H groups in total. The number of unbranched alkanes of at least 4 members (excludes halogenated alkanes) is 2. The number of cyclic esters (lactones) is 1. The van der Waals surface area contributed by atoms with Crippen LogP contribution in [0, 0.1) is 12.7 Å². The van der Waals surface area contributed by atoms with Crippen LogP contribution >= 0.6 is 0 Å². The molecule has 3 aliphatic rings. The number of benzene rings is 2. The maximum atomic E-state index is 15.3. The van der Waals surface area contributed by atoms with Crippen molar-refractivity contribution in [2.24, 2.45) is 5.73 Å². The van der Waals surface area contributed by atoms with Crippen molar-refractivity contribution < 1.29 is 52.5 Å². The number of hydrogen-bond donors (Lipinski definition) is 8. The summed E-state index contributed by atoms with van der Waals surface area (Å²) in [5, 5.41) is 27.4. The van der Waals surface area contributed by atoms with Crippen molar-refractivity contribution in [1.82, 2.24) is 41.5 Å². The van der Waals surface area contributed by atoms with E-state index in [2.05, 4.69) is 31.9 Å². The summed E-state index contributed by atoms with van der Waals surface area (Å²) in [6.07, 6.45) is 3.28. The maximum absolute atomic E-state index is 15.3. The molecule has 0 fully saturated rings. The molecule has 4 heterocycles. The Hall–Kier alpha value is -7.10. The van der Waals surface area contributed by atoms with Gasteiger partial charge >= 0.3 is 5.97 Å². The first-order chi connectivity index (χ1) is 33.1. The van der Waals surface area contributed by atoms with Crippen molar-refractivity contribution in [3.63, 3.8) is 0 Å². The Labute approximate surface area is 395 Å². The smallest absolute Gasteiger partial charge is 0.343 e. The first-order valence-corrected chi connectivity index (χ1v) is 22.9. The van der Waals surface area contributed by atoms with Crippen LogP contribution in [0.25, 0.3) is 22.3 Å². The van der Waals surface area contributed by atoms with E-state index in [9.17, 15) is 43.5 Å². The minimum atomic E-state index is -2.04. The predicted molar refractivity (Wildman–Crippen MR) is 246 cm³/mol. The minimum absolute atomic E-state index is 0.0425. The van der Waals surface area contributed by atoms with Crippen LogP contribution in [0.1, 0.15) is 90.4 Å². The fourth-order valence-electron chi connectivity index (χ4n) is 8.98. The van der Waals surface area contributed by atoms with Gasteiger partial charge in [0, 0.05) is 35.4 Å². The summed E-state index contributed by atoms with van der Waals surface area (Å²) < 4.78 is 27.5. The Balaban J connectivity index is 0.932. The minimum Gasteiger partial charge on any atom is -0.458 e. The lowest BCUT2D eigenvalue weighted by molar-refractivity contribution is -0.172. The zero-order chi connectivity index (χ0) is 49.4. The molecule has 2 aromatic heterocycles. The van der Waals surface area contributed by atoms with E-state index in [1.54, 1.807) is 50.2 Å². The van der Waals surface area contributed by atoms with Crippen LogP contribution < -0.4 is 43.2 Å². The molecule has 0 bridgehead atoms. The number of hydrogen-bond acceptors (Lipinski definition) is 13. The Morgan fingerprint density at radius 1 is 0.928 bits per heavy atom. The fourth-order valence-corrected chi connectivity index (χ4v) is 8.98. The van der Waals surface area contributed by atoms with Crippen molar-refractivity contribution >= 4 is 52.3 Å². The first kappa shape index (κ1) is 49.8. The van der Waals surface area contributed by atoms with Crippen molar-refractivity contribution in [2.45, 2.75) is 96.1 Å². The molecular formula is C48H56FN9O11. The fraction of sp³-hybridized carbons (Fsp3) is 0.438. The van der Waals surface area contributed by atoms with E-state index in [1.165, 1.54) is 10.6 Å². The molecule has 21 heteroatoms. The molecule has 7 rings (SSSR count). The van der Waals surface area contributed by atoms with Gasteiger partial charge in [-0.25, -0.2) is 14.2 Å².